The molecular formula is C49H76O11. The molecule has 5 aliphatic carbocycles. The maximum absolute atomic E-state index is 13.2. The number of hydrogen-bond donors (Lipinski definition) is 3. The van der Waals surface area contributed by atoms with E-state index < -0.39 is 84.4 Å². The van der Waals surface area contributed by atoms with E-state index in [-0.39, 0.29) is 27.6 Å². The average molecular weight is 841 g/mol. The number of aliphatic hydroxyl groups excluding tert-OH is 3. The van der Waals surface area contributed by atoms with Crippen molar-refractivity contribution in [3.63, 3.8) is 0 Å². The molecule has 5 unspecified atom stereocenters. The summed E-state index contributed by atoms with van der Waals surface area (Å²) in [5, 5.41) is 36.6. The van der Waals surface area contributed by atoms with Crippen LogP contribution >= 0.6 is 0 Å². The van der Waals surface area contributed by atoms with Crippen LogP contribution in [0.1, 0.15) is 142 Å². The summed E-state index contributed by atoms with van der Waals surface area (Å²) >= 11 is 0. The van der Waals surface area contributed by atoms with Gasteiger partial charge >= 0.3 is 17.9 Å². The van der Waals surface area contributed by atoms with Gasteiger partial charge in [0.1, 0.15) is 18.3 Å². The summed E-state index contributed by atoms with van der Waals surface area (Å²) in [6.07, 6.45) is 2.20. The Morgan fingerprint density at radius 2 is 1.42 bits per heavy atom. The molecule has 0 bridgehead atoms. The lowest BCUT2D eigenvalue weighted by molar-refractivity contribution is -0.342. The molecule has 5 fully saturated rings. The molecule has 0 aromatic carbocycles. The van der Waals surface area contributed by atoms with Crippen LogP contribution in [0.3, 0.4) is 0 Å². The Kier molecular flexibility index (Phi) is 12.7. The first-order chi connectivity index (χ1) is 27.8. The summed E-state index contributed by atoms with van der Waals surface area (Å²) < 4.78 is 31.0. The molecule has 11 heteroatoms. The van der Waals surface area contributed by atoms with Crippen molar-refractivity contribution in [2.75, 3.05) is 6.61 Å². The number of ether oxygens (including phenoxy) is 5. The normalized spacial score (nSPS) is 46.0. The molecule has 6 rings (SSSR count). The number of carbonyl (C=O) groups excluding carboxylic acids is 3. The molecule has 0 aromatic rings. The summed E-state index contributed by atoms with van der Waals surface area (Å²) in [6.45, 7) is 27.8. The van der Waals surface area contributed by atoms with Gasteiger partial charge in [-0.25, -0.2) is 9.59 Å². The number of carbonyl (C=O) groups is 3. The third-order valence-corrected chi connectivity index (χ3v) is 18.2. The van der Waals surface area contributed by atoms with Gasteiger partial charge in [0.25, 0.3) is 0 Å². The summed E-state index contributed by atoms with van der Waals surface area (Å²) in [4.78, 5) is 39.4. The van der Waals surface area contributed by atoms with Crippen molar-refractivity contribution in [3.05, 3.63) is 34.9 Å². The number of fused-ring (bicyclic) bond motifs is 7. The lowest BCUT2D eigenvalue weighted by Crippen LogP contribution is -2.73. The second-order valence-corrected chi connectivity index (χ2v) is 21.8. The zero-order chi connectivity index (χ0) is 44.7. The van der Waals surface area contributed by atoms with Crippen LogP contribution in [0.15, 0.2) is 34.9 Å². The predicted molar refractivity (Wildman–Crippen MR) is 227 cm³/mol. The molecule has 338 valence electrons. The molecule has 16 atom stereocenters. The van der Waals surface area contributed by atoms with Gasteiger partial charge in [0.15, 0.2) is 18.5 Å². The molecule has 1 aliphatic heterocycles. The smallest absolute Gasteiger partial charge is 0.333 e. The van der Waals surface area contributed by atoms with E-state index in [4.69, 9.17) is 23.7 Å². The summed E-state index contributed by atoms with van der Waals surface area (Å²) in [7, 11) is 0. The zero-order valence-corrected chi connectivity index (χ0v) is 38.9. The predicted octanol–water partition coefficient (Wildman–Crippen LogP) is 7.79. The van der Waals surface area contributed by atoms with Crippen molar-refractivity contribution >= 4 is 17.9 Å². The Balaban J connectivity index is 1.38. The van der Waals surface area contributed by atoms with E-state index in [9.17, 15) is 29.7 Å². The highest BCUT2D eigenvalue weighted by Gasteiger charge is 2.73. The minimum Gasteiger partial charge on any atom is -0.459 e. The number of hydrogen-bond acceptors (Lipinski definition) is 11. The van der Waals surface area contributed by atoms with E-state index in [2.05, 4.69) is 47.6 Å². The van der Waals surface area contributed by atoms with E-state index in [1.54, 1.807) is 46.8 Å². The van der Waals surface area contributed by atoms with Gasteiger partial charge in [-0.2, -0.15) is 0 Å². The minimum atomic E-state index is -1.64. The first-order valence-electron chi connectivity index (χ1n) is 22.7. The third kappa shape index (κ3) is 7.07. The highest BCUT2D eigenvalue weighted by molar-refractivity contribution is 5.88. The number of allylic oxidation sites excluding steroid dienone is 4. The van der Waals surface area contributed by atoms with Crippen LogP contribution in [-0.4, -0.2) is 88.9 Å². The maximum atomic E-state index is 13.2. The molecular weight excluding hydrogens is 765 g/mol. The van der Waals surface area contributed by atoms with E-state index in [1.165, 1.54) is 25.3 Å². The van der Waals surface area contributed by atoms with E-state index in [0.717, 1.165) is 19.3 Å². The van der Waals surface area contributed by atoms with Crippen molar-refractivity contribution in [3.8, 4) is 0 Å². The fourth-order valence-electron chi connectivity index (χ4n) is 13.8. The number of aliphatic hydroxyl groups is 3. The van der Waals surface area contributed by atoms with E-state index in [1.807, 2.05) is 13.8 Å². The van der Waals surface area contributed by atoms with Gasteiger partial charge in [-0.3, -0.25) is 4.79 Å². The van der Waals surface area contributed by atoms with Crippen LogP contribution in [0.25, 0.3) is 0 Å². The molecule has 1 saturated heterocycles. The third-order valence-electron chi connectivity index (χ3n) is 18.2. The second-order valence-electron chi connectivity index (χ2n) is 21.8. The Labute approximate surface area is 359 Å². The fraction of sp³-hybridized carbons (Fsp3) is 0.816. The highest BCUT2D eigenvalue weighted by Crippen LogP contribution is 2.76. The summed E-state index contributed by atoms with van der Waals surface area (Å²) in [6, 6.07) is 0. The van der Waals surface area contributed by atoms with Crippen molar-refractivity contribution < 1.29 is 53.4 Å². The number of rotatable bonds is 8. The van der Waals surface area contributed by atoms with Crippen LogP contribution in [0.5, 0.6) is 0 Å². The van der Waals surface area contributed by atoms with Crippen LogP contribution in [0.4, 0.5) is 0 Å². The van der Waals surface area contributed by atoms with Crippen LogP contribution in [0, 0.1) is 56.2 Å². The second kappa shape index (κ2) is 16.2. The summed E-state index contributed by atoms with van der Waals surface area (Å²) in [5.41, 5.74) is -0.380. The molecule has 0 spiro atoms. The average Bonchev–Trinajstić information content (AvgIpc) is 3.17. The Bertz CT molecular complexity index is 1780. The molecule has 60 heavy (non-hydrogen) atoms. The molecule has 3 N–H and O–H groups in total. The monoisotopic (exact) mass is 841 g/mol. The van der Waals surface area contributed by atoms with Crippen LogP contribution in [-0.2, 0) is 38.1 Å². The Hall–Kier alpha value is -2.57. The zero-order valence-electron chi connectivity index (χ0n) is 38.9. The largest absolute Gasteiger partial charge is 0.459 e. The molecule has 0 aromatic heterocycles. The topological polar surface area (TPSA) is 158 Å². The molecule has 0 radical (unpaired) electrons. The van der Waals surface area contributed by atoms with Gasteiger partial charge in [-0.05, 0) is 130 Å². The van der Waals surface area contributed by atoms with Gasteiger partial charge in [0, 0.05) is 18.1 Å². The fourth-order valence-corrected chi connectivity index (χ4v) is 13.8. The maximum Gasteiger partial charge on any atom is 0.333 e. The quantitative estimate of drug-likeness (QED) is 0.0721. The van der Waals surface area contributed by atoms with Gasteiger partial charge < -0.3 is 39.0 Å². The van der Waals surface area contributed by atoms with Crippen LogP contribution in [0.2, 0.25) is 0 Å². The lowest BCUT2D eigenvalue weighted by atomic mass is 9.32. The Morgan fingerprint density at radius 1 is 0.817 bits per heavy atom. The van der Waals surface area contributed by atoms with Gasteiger partial charge in [0.2, 0.25) is 0 Å². The van der Waals surface area contributed by atoms with Crippen molar-refractivity contribution in [2.45, 2.75) is 191 Å². The molecule has 11 nitrogen and oxygen atoms in total. The molecule has 6 aliphatic rings. The highest BCUT2D eigenvalue weighted by atomic mass is 16.7. The van der Waals surface area contributed by atoms with Gasteiger partial charge in [-0.15, -0.1) is 0 Å². The van der Waals surface area contributed by atoms with Crippen molar-refractivity contribution in [2.24, 2.45) is 56.2 Å². The van der Waals surface area contributed by atoms with Crippen molar-refractivity contribution in [1.82, 2.24) is 0 Å². The molecule has 4 saturated carbocycles. The van der Waals surface area contributed by atoms with Crippen molar-refractivity contribution in [1.29, 1.82) is 0 Å². The summed E-state index contributed by atoms with van der Waals surface area (Å²) in [5.74, 6) is -0.623. The standard InChI is InChI=1S/C49H76O11/c1-15-26(3)41(54)58-37-29(6)56-43(36(53)38(37)59-42(55)27(4)16-2)60-39-40(57-30(7)51)49(25-50)32(23-44(39,8)9)31-17-18-34-46(12)21-19-28(5)45(10,11)33(46)20-22-47(34,13)48(31,14)24-35(49)52/h15-17,28-29,32-40,43,50,52-53H,18-25H2,1-14H3/t28-,29?,32?,33?,34?,35+,36?,37-,38+,39-,40-,43-,46-,47+,48+,49-/m0/s1. The van der Waals surface area contributed by atoms with Gasteiger partial charge in [0.05, 0.1) is 24.2 Å². The lowest BCUT2D eigenvalue weighted by Gasteiger charge is -2.72. The molecule has 0 amide bonds. The first kappa shape index (κ1) is 46.9. The van der Waals surface area contributed by atoms with E-state index >= 15 is 0 Å². The minimum absolute atomic E-state index is 0.116. The SMILES string of the molecule is CC=C(C)C(=O)O[C@@H]1C(O)[C@H](O[C@H]2[C@H](OC(C)=O)[C@@]3(CO)C(CC2(C)C)C2=CCC4[C@@]5(C)CC[C@H](C)C(C)(C)C5CC[C@@]4(C)[C@]2(C)C[C@H]3O)OC(C)[C@@H]1OC(=O)C(C)=CC. The first-order valence-corrected chi connectivity index (χ1v) is 22.7. The van der Waals surface area contributed by atoms with E-state index in [0.29, 0.717) is 41.7 Å². The molecule has 1 heterocycles. The van der Waals surface area contributed by atoms with Crippen LogP contribution < -0.4 is 0 Å². The van der Waals surface area contributed by atoms with Gasteiger partial charge in [-0.1, -0.05) is 79.2 Å². The Morgan fingerprint density at radius 3 is 1.98 bits per heavy atom. The number of esters is 3.